The average Bonchev–Trinajstić information content (AvgIpc) is 3.23. The largest absolute Gasteiger partial charge is 0.497 e. The zero-order chi connectivity index (χ0) is 52.2. The zero-order valence-corrected chi connectivity index (χ0v) is 37.6. The Morgan fingerprint density at radius 1 is 0.642 bits per heavy atom. The number of halogens is 17. The van der Waals surface area contributed by atoms with E-state index in [1.807, 2.05) is 0 Å². The van der Waals surface area contributed by atoms with Gasteiger partial charge in [-0.25, -0.2) is 10.3 Å². The summed E-state index contributed by atoms with van der Waals surface area (Å²) >= 11 is 0. The molecular weight excluding hydrogens is 971 g/mol. The van der Waals surface area contributed by atoms with Gasteiger partial charge in [0.2, 0.25) is 0 Å². The van der Waals surface area contributed by atoms with Crippen molar-refractivity contribution in [2.75, 3.05) is 25.6 Å². The van der Waals surface area contributed by atoms with Gasteiger partial charge < -0.3 is 18.6 Å². The second-order valence-electron chi connectivity index (χ2n) is 15.9. The van der Waals surface area contributed by atoms with Crippen LogP contribution < -0.4 is 20.3 Å². The van der Waals surface area contributed by atoms with Gasteiger partial charge in [0.05, 0.1) is 13.7 Å². The fraction of sp³-hybridized carbons (Fsp3) is 0.600. The maximum absolute atomic E-state index is 15.0. The second-order valence-corrected chi connectivity index (χ2v) is 20.9. The molecule has 67 heavy (non-hydrogen) atoms. The van der Waals surface area contributed by atoms with E-state index in [0.29, 0.717) is 22.6 Å². The lowest BCUT2D eigenvalue weighted by molar-refractivity contribution is -0.461. The number of nitrogens with one attached hydrogen (secondary N) is 2. The molecular formula is C40H47F17N2O7Si. The first-order valence-corrected chi connectivity index (χ1v) is 21.9. The molecule has 2 rings (SSSR count). The molecule has 9 nitrogen and oxygen atoms in total. The number of hydroxylamine groups is 1. The van der Waals surface area contributed by atoms with Crippen molar-refractivity contribution in [3.05, 3.63) is 65.2 Å². The number of carbonyl (C=O) groups excluding carboxylic acids is 2. The molecule has 0 aliphatic heterocycles. The summed E-state index contributed by atoms with van der Waals surface area (Å²) in [7, 11) is -2.60. The molecule has 382 valence electrons. The van der Waals surface area contributed by atoms with Crippen LogP contribution in [0.15, 0.2) is 59.7 Å². The van der Waals surface area contributed by atoms with Crippen LogP contribution in [0.5, 0.6) is 11.5 Å². The summed E-state index contributed by atoms with van der Waals surface area (Å²) < 4.78 is 258. The van der Waals surface area contributed by atoms with E-state index in [9.17, 15) is 75.4 Å². The first-order chi connectivity index (χ1) is 30.3. The highest BCUT2D eigenvalue weighted by Gasteiger charge is 2.95. The van der Waals surface area contributed by atoms with Gasteiger partial charge in [-0.2, -0.15) is 74.6 Å². The number of carbonyl (C=O) groups is 2. The summed E-state index contributed by atoms with van der Waals surface area (Å²) in [5.41, 5.74) is 0.823. The van der Waals surface area contributed by atoms with Gasteiger partial charge in [0.15, 0.2) is 8.32 Å². The van der Waals surface area contributed by atoms with E-state index in [-0.39, 0.29) is 11.3 Å². The van der Waals surface area contributed by atoms with Crippen LogP contribution in [-0.4, -0.2) is 93.5 Å². The minimum absolute atomic E-state index is 0.0793. The van der Waals surface area contributed by atoms with Gasteiger partial charge >= 0.3 is 53.7 Å². The van der Waals surface area contributed by atoms with E-state index in [2.05, 4.69) is 5.32 Å². The smallest absolute Gasteiger partial charge is 0.460 e. The number of anilines is 1. The predicted octanol–water partition coefficient (Wildman–Crippen LogP) is 13.0. The number of ether oxygens (including phenoxy) is 3. The predicted molar refractivity (Wildman–Crippen MR) is 207 cm³/mol. The lowest BCUT2D eigenvalue weighted by Crippen LogP contribution is -2.74. The normalized spacial score (nSPS) is 15.2. The average molecular weight is 1020 g/mol. The van der Waals surface area contributed by atoms with E-state index in [4.69, 9.17) is 23.8 Å². The summed E-state index contributed by atoms with van der Waals surface area (Å²) in [6.45, 7) is 8.78. The minimum Gasteiger partial charge on any atom is -0.497 e. The van der Waals surface area contributed by atoms with Crippen LogP contribution in [0.4, 0.5) is 85.1 Å². The summed E-state index contributed by atoms with van der Waals surface area (Å²) in [5.74, 6) is -57.9. The molecule has 2 amide bonds. The van der Waals surface area contributed by atoms with Gasteiger partial charge in [0.25, 0.3) is 5.91 Å². The quantitative estimate of drug-likeness (QED) is 0.0254. The van der Waals surface area contributed by atoms with Crippen LogP contribution >= 0.6 is 0 Å². The standard InChI is InChI=1S/C40H47F17N2O7Si/c1-21(2)67(22(3)4,20-17-33(41,42)34(43,44)35(45,46)36(47,48)37(49,50)38(51,52)39(53,54)40(55,56)57)65-19-18-64-29-13-9-26(10-14-29)30(24(6)23(5)25(7)31(60)59-62)66-32(61)58-27-11-15-28(63-8)16-12-27/h9-16,21-22,24,30,62H,17-20H2,1-8H3,(H,58,61)(H,59,60)/b25-23+/t24-,30-/m0/s1. The van der Waals surface area contributed by atoms with E-state index in [1.54, 1.807) is 26.0 Å². The van der Waals surface area contributed by atoms with Gasteiger partial charge in [-0.15, -0.1) is 0 Å². The summed E-state index contributed by atoms with van der Waals surface area (Å²) in [5, 5.41) is 11.7. The van der Waals surface area contributed by atoms with Gasteiger partial charge in [0, 0.05) is 23.6 Å². The van der Waals surface area contributed by atoms with Gasteiger partial charge in [-0.05, 0) is 72.9 Å². The van der Waals surface area contributed by atoms with Gasteiger partial charge in [-0.1, -0.05) is 52.3 Å². The molecule has 0 bridgehead atoms. The first-order valence-electron chi connectivity index (χ1n) is 19.6. The third kappa shape index (κ3) is 11.5. The number of alkyl halides is 17. The summed E-state index contributed by atoms with van der Waals surface area (Å²) in [4.78, 5) is 25.2. The molecule has 0 heterocycles. The van der Waals surface area contributed by atoms with Crippen molar-refractivity contribution in [2.24, 2.45) is 5.92 Å². The maximum Gasteiger partial charge on any atom is 0.460 e. The van der Waals surface area contributed by atoms with Crippen LogP contribution in [0.3, 0.4) is 0 Å². The summed E-state index contributed by atoms with van der Waals surface area (Å²) in [6, 6.07) is 10.4. The van der Waals surface area contributed by atoms with Crippen LogP contribution in [0, 0.1) is 5.92 Å². The molecule has 0 spiro atoms. The fourth-order valence-electron chi connectivity index (χ4n) is 6.73. The van der Waals surface area contributed by atoms with Crippen LogP contribution in [0.2, 0.25) is 17.1 Å². The molecule has 0 saturated carbocycles. The minimum atomic E-state index is -8.71. The number of hydrogen-bond acceptors (Lipinski definition) is 7. The Balaban J connectivity index is 2.34. The molecule has 0 aliphatic carbocycles. The molecule has 3 N–H and O–H groups in total. The SMILES string of the molecule is COc1ccc(NC(=O)O[C@H](c2ccc(OCCO[Si](CCC(F)(F)C(F)(F)C(F)(F)C(F)(F)C(F)(F)C(F)(F)C(F)(F)C(F)(F)F)(C(C)C)C(C)C)cc2)[C@@H](C)/C(C)=C(\C)C(=O)NO)cc1. The molecule has 2 aromatic carbocycles. The Labute approximate surface area is 373 Å². The number of methoxy groups -OCH3 is 1. The molecule has 27 heteroatoms. The van der Waals surface area contributed by atoms with Crippen LogP contribution in [0.25, 0.3) is 0 Å². The monoisotopic (exact) mass is 1020 g/mol. The maximum atomic E-state index is 15.0. The number of hydrogen-bond donors (Lipinski definition) is 3. The topological polar surface area (TPSA) is 115 Å². The van der Waals surface area contributed by atoms with Crippen LogP contribution in [-0.2, 0) is 14.0 Å². The van der Waals surface area contributed by atoms with Crippen LogP contribution in [0.1, 0.15) is 66.6 Å². The highest BCUT2D eigenvalue weighted by Crippen LogP contribution is 2.64. The lowest BCUT2D eigenvalue weighted by Gasteiger charge is -2.44. The fourth-order valence-corrected chi connectivity index (χ4v) is 11.2. The number of rotatable bonds is 23. The molecule has 0 unspecified atom stereocenters. The second kappa shape index (κ2) is 21.0. The first kappa shape index (κ1) is 58.6. The Bertz CT molecular complexity index is 2010. The van der Waals surface area contributed by atoms with Crippen molar-refractivity contribution in [3.8, 4) is 11.5 Å². The number of amides is 2. The van der Waals surface area contributed by atoms with Crippen molar-refractivity contribution in [2.45, 2.75) is 126 Å². The number of benzene rings is 2. The van der Waals surface area contributed by atoms with E-state index >= 15 is 8.78 Å². The van der Waals surface area contributed by atoms with Crippen molar-refractivity contribution in [1.29, 1.82) is 0 Å². The third-order valence-electron chi connectivity index (χ3n) is 11.2. The van der Waals surface area contributed by atoms with Crippen molar-refractivity contribution in [1.82, 2.24) is 5.48 Å². The van der Waals surface area contributed by atoms with Crippen molar-refractivity contribution < 1.29 is 108 Å². The molecule has 0 radical (unpaired) electrons. The van der Waals surface area contributed by atoms with Gasteiger partial charge in [0.1, 0.15) is 24.2 Å². The molecule has 0 saturated heterocycles. The Kier molecular flexibility index (Phi) is 18.4. The molecule has 0 aromatic heterocycles. The Morgan fingerprint density at radius 3 is 1.52 bits per heavy atom. The van der Waals surface area contributed by atoms with E-state index < -0.39 is 117 Å². The molecule has 2 atom stereocenters. The lowest BCUT2D eigenvalue weighted by atomic mass is 9.88. The molecule has 0 aliphatic rings. The van der Waals surface area contributed by atoms with E-state index in [0.717, 1.165) is 0 Å². The Morgan fingerprint density at radius 2 is 1.09 bits per heavy atom. The highest BCUT2D eigenvalue weighted by molar-refractivity contribution is 6.76. The highest BCUT2D eigenvalue weighted by atomic mass is 28.4. The van der Waals surface area contributed by atoms with Gasteiger partial charge in [-0.3, -0.25) is 15.3 Å². The van der Waals surface area contributed by atoms with Crippen molar-refractivity contribution >= 4 is 26.0 Å². The molecule has 2 aromatic rings. The zero-order valence-electron chi connectivity index (χ0n) is 36.6. The van der Waals surface area contributed by atoms with E-state index in [1.165, 1.54) is 83.6 Å². The van der Waals surface area contributed by atoms with Crippen molar-refractivity contribution in [3.63, 3.8) is 0 Å². The summed E-state index contributed by atoms with van der Waals surface area (Å²) in [6.07, 6.45) is -12.5. The Hall–Kier alpha value is -4.53. The third-order valence-corrected chi connectivity index (χ3v) is 16.9. The molecule has 0 fully saturated rings.